The number of fused-ring (bicyclic) bond motifs is 2. The molecule has 2 aliphatic heterocycles. The first-order valence-corrected chi connectivity index (χ1v) is 8.87. The number of Topliss-reactive ketones (excluding diaryl/α,β-unsaturated/α-hetero) is 1. The van der Waals surface area contributed by atoms with Gasteiger partial charge in [0.15, 0.2) is 5.78 Å². The summed E-state index contributed by atoms with van der Waals surface area (Å²) in [4.78, 5) is 27.8. The average Bonchev–Trinajstić information content (AvgIpc) is 2.61. The molecule has 0 spiro atoms. The molecule has 2 aromatic carbocycles. The average molecular weight is 323 g/mol. The molecular formula is C19H17NO2S. The van der Waals surface area contributed by atoms with Crippen LogP contribution in [0.4, 0.5) is 0 Å². The van der Waals surface area contributed by atoms with Crippen LogP contribution in [-0.4, -0.2) is 28.9 Å². The first-order chi connectivity index (χ1) is 11.2. The van der Waals surface area contributed by atoms with E-state index in [9.17, 15) is 9.59 Å². The van der Waals surface area contributed by atoms with E-state index in [1.807, 2.05) is 35.2 Å². The van der Waals surface area contributed by atoms with E-state index in [4.69, 9.17) is 0 Å². The van der Waals surface area contributed by atoms with E-state index in [1.54, 1.807) is 11.8 Å². The first kappa shape index (κ1) is 14.5. The Hall–Kier alpha value is -2.07. The fourth-order valence-electron chi connectivity index (χ4n) is 3.30. The van der Waals surface area contributed by atoms with Gasteiger partial charge in [-0.3, -0.25) is 9.59 Å². The van der Waals surface area contributed by atoms with Gasteiger partial charge in [-0.1, -0.05) is 36.4 Å². The van der Waals surface area contributed by atoms with E-state index < -0.39 is 0 Å². The van der Waals surface area contributed by atoms with Gasteiger partial charge < -0.3 is 4.90 Å². The normalized spacial score (nSPS) is 16.7. The Kier molecular flexibility index (Phi) is 3.69. The molecule has 2 aromatic rings. The van der Waals surface area contributed by atoms with Crippen molar-refractivity contribution >= 4 is 23.5 Å². The van der Waals surface area contributed by atoms with Gasteiger partial charge in [0.05, 0.1) is 5.56 Å². The Morgan fingerprint density at radius 2 is 1.83 bits per heavy atom. The lowest BCUT2D eigenvalue weighted by molar-refractivity contribution is 0.0731. The number of thioether (sulfide) groups is 1. The molecule has 0 saturated heterocycles. The van der Waals surface area contributed by atoms with Crippen molar-refractivity contribution in [2.45, 2.75) is 24.3 Å². The standard InChI is InChI=1S/C19H17NO2S/c21-17-9-11-23-18-15(17)6-3-7-16(18)19(22)20-10-8-13-4-1-2-5-14(13)12-20/h1-7H,8-12H2. The zero-order chi connectivity index (χ0) is 15.8. The molecule has 4 rings (SSSR count). The summed E-state index contributed by atoms with van der Waals surface area (Å²) in [5.41, 5.74) is 3.95. The lowest BCUT2D eigenvalue weighted by Crippen LogP contribution is -2.36. The molecule has 0 N–H and O–H groups in total. The minimum Gasteiger partial charge on any atom is -0.334 e. The zero-order valence-electron chi connectivity index (χ0n) is 12.7. The maximum absolute atomic E-state index is 13.0. The van der Waals surface area contributed by atoms with Crippen molar-refractivity contribution in [2.75, 3.05) is 12.3 Å². The van der Waals surface area contributed by atoms with Gasteiger partial charge in [-0.05, 0) is 23.6 Å². The minimum atomic E-state index is 0.0403. The van der Waals surface area contributed by atoms with Crippen LogP contribution < -0.4 is 0 Å². The molecule has 2 aliphatic rings. The van der Waals surface area contributed by atoms with Crippen LogP contribution in [0.2, 0.25) is 0 Å². The first-order valence-electron chi connectivity index (χ1n) is 7.89. The minimum absolute atomic E-state index is 0.0403. The maximum Gasteiger partial charge on any atom is 0.255 e. The number of hydrogen-bond acceptors (Lipinski definition) is 3. The number of ketones is 1. The number of rotatable bonds is 1. The fourth-order valence-corrected chi connectivity index (χ4v) is 4.44. The SMILES string of the molecule is O=C1CCSc2c1cccc2C(=O)N1CCc2ccccc2C1. The van der Waals surface area contributed by atoms with Crippen LogP contribution in [0, 0.1) is 0 Å². The number of carbonyl (C=O) groups is 2. The summed E-state index contributed by atoms with van der Waals surface area (Å²) in [6, 6.07) is 13.8. The number of benzene rings is 2. The van der Waals surface area contributed by atoms with Gasteiger partial charge in [0, 0.05) is 35.7 Å². The van der Waals surface area contributed by atoms with Gasteiger partial charge in [0.1, 0.15) is 0 Å². The summed E-state index contributed by atoms with van der Waals surface area (Å²) in [6.07, 6.45) is 1.45. The van der Waals surface area contributed by atoms with Crippen molar-refractivity contribution in [3.8, 4) is 0 Å². The molecular weight excluding hydrogens is 306 g/mol. The quantitative estimate of drug-likeness (QED) is 0.805. The van der Waals surface area contributed by atoms with Crippen molar-refractivity contribution in [1.29, 1.82) is 0 Å². The molecule has 0 aromatic heterocycles. The second kappa shape index (κ2) is 5.85. The van der Waals surface area contributed by atoms with Crippen molar-refractivity contribution in [2.24, 2.45) is 0 Å². The third-order valence-corrected chi connectivity index (χ3v) is 5.68. The predicted molar refractivity (Wildman–Crippen MR) is 91.0 cm³/mol. The van der Waals surface area contributed by atoms with Crippen LogP contribution in [0.25, 0.3) is 0 Å². The predicted octanol–water partition coefficient (Wildman–Crippen LogP) is 3.56. The Morgan fingerprint density at radius 3 is 2.70 bits per heavy atom. The summed E-state index contributed by atoms with van der Waals surface area (Å²) >= 11 is 1.63. The second-order valence-electron chi connectivity index (χ2n) is 5.95. The highest BCUT2D eigenvalue weighted by atomic mass is 32.2. The molecule has 23 heavy (non-hydrogen) atoms. The van der Waals surface area contributed by atoms with Crippen molar-refractivity contribution in [3.05, 3.63) is 64.7 Å². The molecule has 1 amide bonds. The lowest BCUT2D eigenvalue weighted by atomic mass is 9.98. The third kappa shape index (κ3) is 2.57. The van der Waals surface area contributed by atoms with E-state index in [0.29, 0.717) is 24.1 Å². The monoisotopic (exact) mass is 323 g/mol. The van der Waals surface area contributed by atoms with Gasteiger partial charge in [0.2, 0.25) is 0 Å². The Balaban J connectivity index is 1.66. The molecule has 0 saturated carbocycles. The highest BCUT2D eigenvalue weighted by Gasteiger charge is 2.27. The van der Waals surface area contributed by atoms with E-state index in [2.05, 4.69) is 12.1 Å². The zero-order valence-corrected chi connectivity index (χ0v) is 13.6. The van der Waals surface area contributed by atoms with Crippen molar-refractivity contribution < 1.29 is 9.59 Å². The Labute approximate surface area is 139 Å². The number of nitrogens with zero attached hydrogens (tertiary/aromatic N) is 1. The van der Waals surface area contributed by atoms with Crippen molar-refractivity contribution in [1.82, 2.24) is 4.90 Å². The van der Waals surface area contributed by atoms with Crippen LogP contribution in [-0.2, 0) is 13.0 Å². The second-order valence-corrected chi connectivity index (χ2v) is 7.05. The molecule has 3 nitrogen and oxygen atoms in total. The van der Waals surface area contributed by atoms with Gasteiger partial charge in [-0.25, -0.2) is 0 Å². The largest absolute Gasteiger partial charge is 0.334 e. The van der Waals surface area contributed by atoms with Gasteiger partial charge in [-0.15, -0.1) is 11.8 Å². The highest BCUT2D eigenvalue weighted by Crippen LogP contribution is 2.34. The summed E-state index contributed by atoms with van der Waals surface area (Å²) in [5, 5.41) is 0. The lowest BCUT2D eigenvalue weighted by Gasteiger charge is -2.30. The summed E-state index contributed by atoms with van der Waals surface area (Å²) < 4.78 is 0. The van der Waals surface area contributed by atoms with Gasteiger partial charge in [-0.2, -0.15) is 0 Å². The van der Waals surface area contributed by atoms with E-state index in [0.717, 1.165) is 23.6 Å². The topological polar surface area (TPSA) is 37.4 Å². The molecule has 4 heteroatoms. The van der Waals surface area contributed by atoms with E-state index >= 15 is 0 Å². The molecule has 2 heterocycles. The Bertz CT molecular complexity index is 800. The summed E-state index contributed by atoms with van der Waals surface area (Å²) in [7, 11) is 0. The third-order valence-electron chi connectivity index (χ3n) is 4.54. The number of amides is 1. The molecule has 116 valence electrons. The highest BCUT2D eigenvalue weighted by molar-refractivity contribution is 7.99. The van der Waals surface area contributed by atoms with Gasteiger partial charge >= 0.3 is 0 Å². The number of hydrogen-bond donors (Lipinski definition) is 0. The molecule has 0 aliphatic carbocycles. The Morgan fingerprint density at radius 1 is 1.00 bits per heavy atom. The molecule has 0 bridgehead atoms. The van der Waals surface area contributed by atoms with Gasteiger partial charge in [0.25, 0.3) is 5.91 Å². The summed E-state index contributed by atoms with van der Waals surface area (Å²) in [6.45, 7) is 1.38. The van der Waals surface area contributed by atoms with E-state index in [1.165, 1.54) is 11.1 Å². The molecule has 0 atom stereocenters. The summed E-state index contributed by atoms with van der Waals surface area (Å²) in [5.74, 6) is 0.954. The van der Waals surface area contributed by atoms with E-state index in [-0.39, 0.29) is 11.7 Å². The maximum atomic E-state index is 13.0. The van der Waals surface area contributed by atoms with Crippen molar-refractivity contribution in [3.63, 3.8) is 0 Å². The van der Waals surface area contributed by atoms with Crippen LogP contribution in [0.1, 0.15) is 38.3 Å². The number of carbonyl (C=O) groups excluding carboxylic acids is 2. The molecule has 0 fully saturated rings. The van der Waals surface area contributed by atoms with Crippen LogP contribution in [0.15, 0.2) is 47.4 Å². The fraction of sp³-hybridized carbons (Fsp3) is 0.263. The molecule has 0 unspecified atom stereocenters. The smallest absolute Gasteiger partial charge is 0.255 e. The van der Waals surface area contributed by atoms with Crippen LogP contribution in [0.3, 0.4) is 0 Å². The molecule has 0 radical (unpaired) electrons. The van der Waals surface area contributed by atoms with Crippen LogP contribution in [0.5, 0.6) is 0 Å². The van der Waals surface area contributed by atoms with Crippen LogP contribution >= 0.6 is 11.8 Å².